The van der Waals surface area contributed by atoms with Gasteiger partial charge in [-0.05, 0) is 25.4 Å². The number of ether oxygens (including phenoxy) is 2. The van der Waals surface area contributed by atoms with Crippen molar-refractivity contribution in [2.75, 3.05) is 32.6 Å². The first-order valence-corrected chi connectivity index (χ1v) is 6.45. The minimum absolute atomic E-state index is 0. The zero-order valence-corrected chi connectivity index (χ0v) is 12.6. The first-order chi connectivity index (χ1) is 9.21. The van der Waals surface area contributed by atoms with Crippen LogP contribution >= 0.6 is 12.4 Å². The first kappa shape index (κ1) is 16.6. The molecule has 1 atom stereocenters. The maximum absolute atomic E-state index is 11.9. The Kier molecular flexibility index (Phi) is 6.61. The molecular formula is C14H21ClN2O3. The highest BCUT2D eigenvalue weighted by Gasteiger charge is 2.18. The van der Waals surface area contributed by atoms with Gasteiger partial charge in [-0.3, -0.25) is 4.79 Å². The molecule has 1 aromatic carbocycles. The maximum atomic E-state index is 11.9. The summed E-state index contributed by atoms with van der Waals surface area (Å²) < 4.78 is 10.3. The SMILES string of the molecule is COc1cc(NC(=O)CC2CCNC2)cc(OC)c1.Cl. The van der Waals surface area contributed by atoms with E-state index in [-0.39, 0.29) is 18.3 Å². The second-order valence-corrected chi connectivity index (χ2v) is 4.71. The second kappa shape index (κ2) is 7.97. The Balaban J connectivity index is 0.00000200. The lowest BCUT2D eigenvalue weighted by atomic mass is 10.0. The molecule has 0 radical (unpaired) electrons. The number of amides is 1. The monoisotopic (exact) mass is 300 g/mol. The van der Waals surface area contributed by atoms with Gasteiger partial charge in [0.25, 0.3) is 0 Å². The molecule has 5 nitrogen and oxygen atoms in total. The van der Waals surface area contributed by atoms with Crippen molar-refractivity contribution in [3.05, 3.63) is 18.2 Å². The number of benzene rings is 1. The van der Waals surface area contributed by atoms with E-state index in [1.807, 2.05) is 0 Å². The summed E-state index contributed by atoms with van der Waals surface area (Å²) in [6.45, 7) is 1.93. The van der Waals surface area contributed by atoms with Crippen LogP contribution in [0.5, 0.6) is 11.5 Å². The van der Waals surface area contributed by atoms with Gasteiger partial charge in [-0.2, -0.15) is 0 Å². The third kappa shape index (κ3) is 4.58. The fourth-order valence-corrected chi connectivity index (χ4v) is 2.24. The van der Waals surface area contributed by atoms with E-state index in [4.69, 9.17) is 9.47 Å². The van der Waals surface area contributed by atoms with E-state index in [0.29, 0.717) is 29.5 Å². The standard InChI is InChI=1S/C14H20N2O3.ClH/c1-18-12-6-11(7-13(8-12)19-2)16-14(17)5-10-3-4-15-9-10;/h6-8,10,15H,3-5,9H2,1-2H3,(H,16,17);1H. The van der Waals surface area contributed by atoms with Crippen molar-refractivity contribution in [2.45, 2.75) is 12.8 Å². The molecule has 1 aromatic rings. The van der Waals surface area contributed by atoms with Crippen LogP contribution in [0.1, 0.15) is 12.8 Å². The van der Waals surface area contributed by atoms with Gasteiger partial charge in [-0.1, -0.05) is 0 Å². The van der Waals surface area contributed by atoms with Crippen LogP contribution in [-0.2, 0) is 4.79 Å². The minimum atomic E-state index is 0. The highest BCUT2D eigenvalue weighted by molar-refractivity contribution is 5.91. The van der Waals surface area contributed by atoms with Crippen LogP contribution in [0.25, 0.3) is 0 Å². The molecule has 0 aromatic heterocycles. The number of hydrogen-bond acceptors (Lipinski definition) is 4. The fourth-order valence-electron chi connectivity index (χ4n) is 2.24. The zero-order valence-electron chi connectivity index (χ0n) is 11.8. The minimum Gasteiger partial charge on any atom is -0.497 e. The van der Waals surface area contributed by atoms with Crippen LogP contribution in [0.4, 0.5) is 5.69 Å². The molecule has 0 spiro atoms. The summed E-state index contributed by atoms with van der Waals surface area (Å²) in [6.07, 6.45) is 1.61. The molecule has 2 N–H and O–H groups in total. The maximum Gasteiger partial charge on any atom is 0.224 e. The van der Waals surface area contributed by atoms with E-state index in [1.165, 1.54) is 0 Å². The van der Waals surface area contributed by atoms with Crippen LogP contribution in [0, 0.1) is 5.92 Å². The number of methoxy groups -OCH3 is 2. The average molecular weight is 301 g/mol. The van der Waals surface area contributed by atoms with E-state index in [2.05, 4.69) is 10.6 Å². The molecular weight excluding hydrogens is 280 g/mol. The van der Waals surface area contributed by atoms with Gasteiger partial charge >= 0.3 is 0 Å². The molecule has 1 fully saturated rings. The van der Waals surface area contributed by atoms with Gasteiger partial charge < -0.3 is 20.1 Å². The van der Waals surface area contributed by atoms with Crippen LogP contribution < -0.4 is 20.1 Å². The van der Waals surface area contributed by atoms with E-state index in [0.717, 1.165) is 19.5 Å². The lowest BCUT2D eigenvalue weighted by molar-refractivity contribution is -0.116. The van der Waals surface area contributed by atoms with Gasteiger partial charge in [0.05, 0.1) is 14.2 Å². The summed E-state index contributed by atoms with van der Waals surface area (Å²) >= 11 is 0. The number of hydrogen-bond donors (Lipinski definition) is 2. The zero-order chi connectivity index (χ0) is 13.7. The Morgan fingerprint density at radius 3 is 2.45 bits per heavy atom. The second-order valence-electron chi connectivity index (χ2n) is 4.71. The Morgan fingerprint density at radius 1 is 1.30 bits per heavy atom. The molecule has 1 amide bonds. The van der Waals surface area contributed by atoms with Gasteiger partial charge in [0, 0.05) is 30.3 Å². The van der Waals surface area contributed by atoms with Crippen molar-refractivity contribution in [3.8, 4) is 11.5 Å². The molecule has 0 saturated carbocycles. The van der Waals surface area contributed by atoms with E-state index in [1.54, 1.807) is 32.4 Å². The number of carbonyl (C=O) groups excluding carboxylic acids is 1. The van der Waals surface area contributed by atoms with E-state index in [9.17, 15) is 4.79 Å². The molecule has 0 bridgehead atoms. The summed E-state index contributed by atoms with van der Waals surface area (Å²) in [7, 11) is 3.18. The number of nitrogens with one attached hydrogen (secondary N) is 2. The normalized spacial score (nSPS) is 17.2. The lowest BCUT2D eigenvalue weighted by Crippen LogP contribution is -2.18. The average Bonchev–Trinajstić information content (AvgIpc) is 2.90. The predicted octanol–water partition coefficient (Wildman–Crippen LogP) is 2.06. The molecule has 2 rings (SSSR count). The van der Waals surface area contributed by atoms with Crippen LogP contribution in [0.2, 0.25) is 0 Å². The van der Waals surface area contributed by atoms with Gasteiger partial charge in [0.2, 0.25) is 5.91 Å². The predicted molar refractivity (Wildman–Crippen MR) is 81.0 cm³/mol. The summed E-state index contributed by atoms with van der Waals surface area (Å²) in [6, 6.07) is 5.34. The highest BCUT2D eigenvalue weighted by Crippen LogP contribution is 2.26. The fraction of sp³-hybridized carbons (Fsp3) is 0.500. The van der Waals surface area contributed by atoms with Crippen molar-refractivity contribution in [1.29, 1.82) is 0 Å². The summed E-state index contributed by atoms with van der Waals surface area (Å²) in [5.74, 6) is 1.80. The first-order valence-electron chi connectivity index (χ1n) is 6.45. The van der Waals surface area contributed by atoms with Crippen LogP contribution in [-0.4, -0.2) is 33.2 Å². The Labute approximate surface area is 125 Å². The van der Waals surface area contributed by atoms with Crippen molar-refractivity contribution in [2.24, 2.45) is 5.92 Å². The third-order valence-corrected chi connectivity index (χ3v) is 3.27. The largest absolute Gasteiger partial charge is 0.497 e. The molecule has 0 aliphatic carbocycles. The third-order valence-electron chi connectivity index (χ3n) is 3.27. The number of anilines is 1. The van der Waals surface area contributed by atoms with E-state index >= 15 is 0 Å². The van der Waals surface area contributed by atoms with Crippen LogP contribution in [0.3, 0.4) is 0 Å². The Bertz CT molecular complexity index is 426. The van der Waals surface area contributed by atoms with Gasteiger partial charge in [0.15, 0.2) is 0 Å². The molecule has 20 heavy (non-hydrogen) atoms. The summed E-state index contributed by atoms with van der Waals surface area (Å²) in [5, 5.41) is 6.15. The molecule has 112 valence electrons. The van der Waals surface area contributed by atoms with E-state index < -0.39 is 0 Å². The number of halogens is 1. The van der Waals surface area contributed by atoms with Crippen molar-refractivity contribution in [3.63, 3.8) is 0 Å². The molecule has 1 unspecified atom stereocenters. The molecule has 1 heterocycles. The molecule has 1 saturated heterocycles. The summed E-state index contributed by atoms with van der Waals surface area (Å²) in [4.78, 5) is 11.9. The summed E-state index contributed by atoms with van der Waals surface area (Å²) in [5.41, 5.74) is 0.701. The topological polar surface area (TPSA) is 59.6 Å². The number of rotatable bonds is 5. The van der Waals surface area contributed by atoms with Gasteiger partial charge in [0.1, 0.15) is 11.5 Å². The van der Waals surface area contributed by atoms with Gasteiger partial charge in [-0.15, -0.1) is 12.4 Å². The Hall–Kier alpha value is -1.46. The molecule has 6 heteroatoms. The molecule has 1 aliphatic heterocycles. The van der Waals surface area contributed by atoms with Crippen molar-refractivity contribution in [1.82, 2.24) is 5.32 Å². The highest BCUT2D eigenvalue weighted by atomic mass is 35.5. The van der Waals surface area contributed by atoms with Gasteiger partial charge in [-0.25, -0.2) is 0 Å². The Morgan fingerprint density at radius 2 is 1.95 bits per heavy atom. The number of carbonyl (C=O) groups is 1. The van der Waals surface area contributed by atoms with Crippen molar-refractivity contribution >= 4 is 24.0 Å². The van der Waals surface area contributed by atoms with Crippen LogP contribution in [0.15, 0.2) is 18.2 Å². The quantitative estimate of drug-likeness (QED) is 0.874. The molecule has 1 aliphatic rings. The van der Waals surface area contributed by atoms with Crippen molar-refractivity contribution < 1.29 is 14.3 Å². The smallest absolute Gasteiger partial charge is 0.224 e. The lowest BCUT2D eigenvalue weighted by Gasteiger charge is -2.11.